The second kappa shape index (κ2) is 4.57. The smallest absolute Gasteiger partial charge is 0.127 e. The normalized spacial score (nSPS) is 12.0. The van der Waals surface area contributed by atoms with Crippen LogP contribution in [-0.4, -0.2) is 15.0 Å². The summed E-state index contributed by atoms with van der Waals surface area (Å²) < 4.78 is 0. The third-order valence-corrected chi connectivity index (χ3v) is 2.13. The molecule has 0 bridgehead atoms. The molecule has 5 nitrogen and oxygen atoms in total. The van der Waals surface area contributed by atoms with Gasteiger partial charge in [-0.15, -0.1) is 6.42 Å². The van der Waals surface area contributed by atoms with Crippen LogP contribution in [0, 0.1) is 12.3 Å². The van der Waals surface area contributed by atoms with Crippen molar-refractivity contribution < 1.29 is 0 Å². The monoisotopic (exact) mass is 213 g/mol. The minimum Gasteiger partial charge on any atom is -0.270 e. The molecule has 0 radical (unpaired) electrons. The zero-order valence-corrected chi connectivity index (χ0v) is 8.54. The van der Waals surface area contributed by atoms with Gasteiger partial charge in [0.15, 0.2) is 0 Å². The first kappa shape index (κ1) is 10.4. The number of hydrazine groups is 1. The van der Waals surface area contributed by atoms with Crippen LogP contribution in [0.15, 0.2) is 36.5 Å². The fraction of sp³-hybridized carbons (Fsp3) is 0.0909. The van der Waals surface area contributed by atoms with Crippen molar-refractivity contribution in [2.24, 2.45) is 5.84 Å². The predicted octanol–water partition coefficient (Wildman–Crippen LogP) is 0.405. The Bertz CT molecular complexity index is 497. The van der Waals surface area contributed by atoms with Crippen LogP contribution in [0.3, 0.4) is 0 Å². The van der Waals surface area contributed by atoms with Gasteiger partial charge in [0.25, 0.3) is 0 Å². The number of hydrogen-bond donors (Lipinski definition) is 2. The van der Waals surface area contributed by atoms with E-state index >= 15 is 0 Å². The molecule has 5 heteroatoms. The lowest BCUT2D eigenvalue weighted by atomic mass is 10.2. The first-order valence-corrected chi connectivity index (χ1v) is 4.75. The minimum absolute atomic E-state index is 0.419. The fourth-order valence-electron chi connectivity index (χ4n) is 1.31. The summed E-state index contributed by atoms with van der Waals surface area (Å²) in [5.74, 6) is 7.77. The molecule has 3 N–H and O–H groups in total. The summed E-state index contributed by atoms with van der Waals surface area (Å²) in [6.45, 7) is 0. The molecule has 0 saturated heterocycles. The van der Waals surface area contributed by atoms with E-state index in [1.165, 1.54) is 4.80 Å². The van der Waals surface area contributed by atoms with Crippen molar-refractivity contribution >= 4 is 0 Å². The second-order valence-electron chi connectivity index (χ2n) is 3.16. The Morgan fingerprint density at radius 2 is 2.12 bits per heavy atom. The number of nitrogens with zero attached hydrogens (tertiary/aromatic N) is 3. The van der Waals surface area contributed by atoms with E-state index in [2.05, 4.69) is 21.5 Å². The maximum absolute atomic E-state index is 5.29. The first-order valence-electron chi connectivity index (χ1n) is 4.75. The minimum atomic E-state index is -0.419. The summed E-state index contributed by atoms with van der Waals surface area (Å²) in [4.78, 5) is 1.51. The molecule has 0 spiro atoms. The van der Waals surface area contributed by atoms with Gasteiger partial charge >= 0.3 is 0 Å². The molecular weight excluding hydrogens is 202 g/mol. The van der Waals surface area contributed by atoms with Gasteiger partial charge in [-0.1, -0.05) is 24.1 Å². The van der Waals surface area contributed by atoms with Gasteiger partial charge in [-0.2, -0.15) is 15.0 Å². The quantitative estimate of drug-likeness (QED) is 0.440. The summed E-state index contributed by atoms with van der Waals surface area (Å²) in [5, 5.41) is 8.36. The summed E-state index contributed by atoms with van der Waals surface area (Å²) in [6, 6.07) is 9.16. The summed E-state index contributed by atoms with van der Waals surface area (Å²) >= 11 is 0. The standard InChI is InChI=1S/C11H11N5/c1-2-10(14-12)11-8-13-16(15-11)9-6-4-3-5-7-9/h1,3-8,10,14H,12H2. The van der Waals surface area contributed by atoms with Crippen molar-refractivity contribution in [1.29, 1.82) is 0 Å². The summed E-state index contributed by atoms with van der Waals surface area (Å²) in [5.41, 5.74) is 3.98. The third-order valence-electron chi connectivity index (χ3n) is 2.13. The molecule has 1 atom stereocenters. The SMILES string of the molecule is C#CC(NN)c1cnn(-c2ccccc2)n1. The largest absolute Gasteiger partial charge is 0.270 e. The molecular formula is C11H11N5. The molecule has 0 amide bonds. The maximum Gasteiger partial charge on any atom is 0.127 e. The van der Waals surface area contributed by atoms with Crippen LogP contribution < -0.4 is 11.3 Å². The molecule has 1 aromatic carbocycles. The highest BCUT2D eigenvalue weighted by Crippen LogP contribution is 2.09. The highest BCUT2D eigenvalue weighted by molar-refractivity contribution is 5.29. The van der Waals surface area contributed by atoms with Gasteiger partial charge in [-0.25, -0.2) is 5.43 Å². The summed E-state index contributed by atoms with van der Waals surface area (Å²) in [6.07, 6.45) is 6.89. The Kier molecular flexibility index (Phi) is 2.96. The third kappa shape index (κ3) is 1.93. The van der Waals surface area contributed by atoms with Crippen LogP contribution in [0.1, 0.15) is 11.7 Å². The van der Waals surface area contributed by atoms with Crippen LogP contribution in [0.2, 0.25) is 0 Å². The molecule has 2 aromatic rings. The molecule has 0 fully saturated rings. The van der Waals surface area contributed by atoms with Crippen LogP contribution in [0.4, 0.5) is 0 Å². The van der Waals surface area contributed by atoms with Crippen molar-refractivity contribution in [3.05, 3.63) is 42.2 Å². The Labute approximate surface area is 93.2 Å². The number of rotatable bonds is 3. The van der Waals surface area contributed by atoms with Crippen molar-refractivity contribution in [2.75, 3.05) is 0 Å². The van der Waals surface area contributed by atoms with E-state index in [-0.39, 0.29) is 0 Å². The average Bonchev–Trinajstić information content (AvgIpc) is 2.81. The average molecular weight is 213 g/mol. The topological polar surface area (TPSA) is 68.8 Å². The van der Waals surface area contributed by atoms with E-state index < -0.39 is 6.04 Å². The number of benzene rings is 1. The van der Waals surface area contributed by atoms with E-state index in [1.807, 2.05) is 30.3 Å². The first-order chi connectivity index (χ1) is 7.85. The van der Waals surface area contributed by atoms with Gasteiger partial charge in [0, 0.05) is 0 Å². The lowest BCUT2D eigenvalue weighted by Gasteiger charge is -2.03. The molecule has 0 saturated carbocycles. The molecule has 1 aromatic heterocycles. The number of terminal acetylenes is 1. The number of nitrogens with one attached hydrogen (secondary N) is 1. The molecule has 1 heterocycles. The van der Waals surface area contributed by atoms with Crippen LogP contribution in [-0.2, 0) is 0 Å². The number of para-hydroxylation sites is 1. The molecule has 16 heavy (non-hydrogen) atoms. The lowest BCUT2D eigenvalue weighted by Crippen LogP contribution is -2.27. The van der Waals surface area contributed by atoms with E-state index in [9.17, 15) is 0 Å². The van der Waals surface area contributed by atoms with Gasteiger partial charge in [0.05, 0.1) is 11.9 Å². The number of aromatic nitrogens is 3. The zero-order chi connectivity index (χ0) is 11.4. The molecule has 80 valence electrons. The zero-order valence-electron chi connectivity index (χ0n) is 8.54. The highest BCUT2D eigenvalue weighted by atomic mass is 15.5. The Morgan fingerprint density at radius 3 is 2.75 bits per heavy atom. The molecule has 0 aliphatic heterocycles. The Balaban J connectivity index is 2.30. The second-order valence-corrected chi connectivity index (χ2v) is 3.16. The predicted molar refractivity (Wildman–Crippen MR) is 60.3 cm³/mol. The van der Waals surface area contributed by atoms with Crippen LogP contribution in [0.5, 0.6) is 0 Å². The van der Waals surface area contributed by atoms with E-state index in [0.717, 1.165) is 5.69 Å². The molecule has 1 unspecified atom stereocenters. The molecule has 0 aliphatic carbocycles. The van der Waals surface area contributed by atoms with E-state index in [1.54, 1.807) is 6.20 Å². The molecule has 0 aliphatic rings. The van der Waals surface area contributed by atoms with E-state index in [0.29, 0.717) is 5.69 Å². The number of hydrogen-bond acceptors (Lipinski definition) is 4. The lowest BCUT2D eigenvalue weighted by molar-refractivity contribution is 0.640. The van der Waals surface area contributed by atoms with Gasteiger partial charge in [0.2, 0.25) is 0 Å². The van der Waals surface area contributed by atoms with Crippen molar-refractivity contribution in [1.82, 2.24) is 20.4 Å². The van der Waals surface area contributed by atoms with E-state index in [4.69, 9.17) is 12.3 Å². The van der Waals surface area contributed by atoms with Crippen molar-refractivity contribution in [3.63, 3.8) is 0 Å². The maximum atomic E-state index is 5.29. The van der Waals surface area contributed by atoms with Gasteiger partial charge in [-0.05, 0) is 12.1 Å². The number of nitrogens with two attached hydrogens (primary N) is 1. The van der Waals surface area contributed by atoms with Crippen molar-refractivity contribution in [2.45, 2.75) is 6.04 Å². The van der Waals surface area contributed by atoms with Crippen molar-refractivity contribution in [3.8, 4) is 18.0 Å². The van der Waals surface area contributed by atoms with Gasteiger partial charge in [-0.3, -0.25) is 5.84 Å². The van der Waals surface area contributed by atoms with Crippen LogP contribution >= 0.6 is 0 Å². The van der Waals surface area contributed by atoms with Crippen LogP contribution in [0.25, 0.3) is 5.69 Å². The highest BCUT2D eigenvalue weighted by Gasteiger charge is 2.10. The van der Waals surface area contributed by atoms with Gasteiger partial charge < -0.3 is 0 Å². The fourth-order valence-corrected chi connectivity index (χ4v) is 1.31. The summed E-state index contributed by atoms with van der Waals surface area (Å²) in [7, 11) is 0. The Hall–Kier alpha value is -2.16. The Morgan fingerprint density at radius 1 is 1.38 bits per heavy atom. The van der Waals surface area contributed by atoms with Gasteiger partial charge in [0.1, 0.15) is 11.7 Å². The molecule has 2 rings (SSSR count).